The highest BCUT2D eigenvalue weighted by molar-refractivity contribution is 7.89. The van der Waals surface area contributed by atoms with Gasteiger partial charge < -0.3 is 5.32 Å². The average molecular weight is 386 g/mol. The maximum absolute atomic E-state index is 12.7. The highest BCUT2D eigenvalue weighted by Crippen LogP contribution is 2.18. The van der Waals surface area contributed by atoms with Crippen LogP contribution in [0.15, 0.2) is 58.2 Å². The number of carbonyl (C=O) groups excluding carboxylic acids is 1. The molecule has 0 aliphatic carbocycles. The Morgan fingerprint density at radius 1 is 1.04 bits per heavy atom. The van der Waals surface area contributed by atoms with Gasteiger partial charge in [-0.2, -0.15) is 5.10 Å². The lowest BCUT2D eigenvalue weighted by molar-refractivity contribution is 0.102. The SMILES string of the molecule is CN(C)S(=O)(=O)c1ccc(NC(=O)c2nn(C)c(=O)c3ccccc23)cc1. The minimum atomic E-state index is -3.54. The lowest BCUT2D eigenvalue weighted by Gasteiger charge is -2.12. The van der Waals surface area contributed by atoms with Crippen LogP contribution in [0.1, 0.15) is 10.5 Å². The molecule has 2 aromatic carbocycles. The van der Waals surface area contributed by atoms with Crippen molar-refractivity contribution in [2.75, 3.05) is 19.4 Å². The van der Waals surface area contributed by atoms with Gasteiger partial charge in [-0.05, 0) is 30.3 Å². The number of rotatable bonds is 4. The highest BCUT2D eigenvalue weighted by Gasteiger charge is 2.18. The first-order valence-corrected chi connectivity index (χ1v) is 9.46. The second-order valence-corrected chi connectivity index (χ2v) is 8.24. The summed E-state index contributed by atoms with van der Waals surface area (Å²) in [5.41, 5.74) is 0.232. The van der Waals surface area contributed by atoms with E-state index in [2.05, 4.69) is 10.4 Å². The Morgan fingerprint density at radius 3 is 2.22 bits per heavy atom. The van der Waals surface area contributed by atoms with Gasteiger partial charge in [0.25, 0.3) is 11.5 Å². The average Bonchev–Trinajstić information content (AvgIpc) is 2.65. The van der Waals surface area contributed by atoms with Crippen LogP contribution < -0.4 is 10.9 Å². The largest absolute Gasteiger partial charge is 0.321 e. The quantitative estimate of drug-likeness (QED) is 0.731. The number of benzene rings is 2. The second kappa shape index (κ2) is 6.93. The van der Waals surface area contributed by atoms with Gasteiger partial charge in [-0.25, -0.2) is 17.4 Å². The molecule has 0 aliphatic rings. The van der Waals surface area contributed by atoms with E-state index in [9.17, 15) is 18.0 Å². The van der Waals surface area contributed by atoms with E-state index in [-0.39, 0.29) is 16.1 Å². The topological polar surface area (TPSA) is 101 Å². The van der Waals surface area contributed by atoms with Crippen molar-refractivity contribution in [1.82, 2.24) is 14.1 Å². The molecular weight excluding hydrogens is 368 g/mol. The Hall–Kier alpha value is -3.04. The number of nitrogens with one attached hydrogen (secondary N) is 1. The maximum Gasteiger partial charge on any atom is 0.276 e. The van der Waals surface area contributed by atoms with E-state index in [0.717, 1.165) is 8.99 Å². The Balaban J connectivity index is 1.94. The lowest BCUT2D eigenvalue weighted by atomic mass is 10.1. The van der Waals surface area contributed by atoms with Crippen LogP contribution in [0.2, 0.25) is 0 Å². The summed E-state index contributed by atoms with van der Waals surface area (Å²) in [4.78, 5) is 24.9. The second-order valence-electron chi connectivity index (χ2n) is 6.09. The fourth-order valence-corrected chi connectivity index (χ4v) is 3.48. The Bertz CT molecular complexity index is 1180. The Kier molecular flexibility index (Phi) is 4.81. The first-order valence-electron chi connectivity index (χ1n) is 8.02. The molecule has 9 heteroatoms. The molecule has 0 saturated heterocycles. The number of anilines is 1. The van der Waals surface area contributed by atoms with E-state index < -0.39 is 15.9 Å². The number of fused-ring (bicyclic) bond motifs is 1. The smallest absolute Gasteiger partial charge is 0.276 e. The molecule has 8 nitrogen and oxygen atoms in total. The van der Waals surface area contributed by atoms with Gasteiger partial charge in [0.05, 0.1) is 10.3 Å². The summed E-state index contributed by atoms with van der Waals surface area (Å²) >= 11 is 0. The van der Waals surface area contributed by atoms with Gasteiger partial charge in [0.15, 0.2) is 5.69 Å². The van der Waals surface area contributed by atoms with Crippen molar-refractivity contribution >= 4 is 32.4 Å². The summed E-state index contributed by atoms with van der Waals surface area (Å²) < 4.78 is 26.4. The van der Waals surface area contributed by atoms with Gasteiger partial charge in [0.2, 0.25) is 10.0 Å². The first-order chi connectivity index (χ1) is 12.7. The number of aromatic nitrogens is 2. The van der Waals surface area contributed by atoms with Gasteiger partial charge in [-0.1, -0.05) is 18.2 Å². The van der Waals surface area contributed by atoms with Crippen molar-refractivity contribution in [2.45, 2.75) is 4.90 Å². The molecule has 3 rings (SSSR count). The van der Waals surface area contributed by atoms with Crippen molar-refractivity contribution in [3.8, 4) is 0 Å². The van der Waals surface area contributed by atoms with Gasteiger partial charge >= 0.3 is 0 Å². The zero-order chi connectivity index (χ0) is 19.8. The number of aryl methyl sites for hydroxylation is 1. The van der Waals surface area contributed by atoms with Gasteiger partial charge in [-0.3, -0.25) is 9.59 Å². The standard InChI is InChI=1S/C18H18N4O4S/c1-21(2)27(25,26)13-10-8-12(9-11-13)19-17(23)16-14-6-4-5-7-15(14)18(24)22(3)20-16/h4-11H,1-3H3,(H,19,23). The van der Waals surface area contributed by atoms with Crippen LogP contribution in [0.4, 0.5) is 5.69 Å². The Labute approximate surface area is 156 Å². The molecule has 1 aromatic heterocycles. The highest BCUT2D eigenvalue weighted by atomic mass is 32.2. The van der Waals surface area contributed by atoms with Crippen molar-refractivity contribution < 1.29 is 13.2 Å². The summed E-state index contributed by atoms with van der Waals surface area (Å²) in [6.45, 7) is 0. The predicted molar refractivity (Wildman–Crippen MR) is 102 cm³/mol. The van der Waals surface area contributed by atoms with Crippen LogP contribution in [0.3, 0.4) is 0 Å². The predicted octanol–water partition coefficient (Wildman–Crippen LogP) is 1.44. The lowest BCUT2D eigenvalue weighted by Crippen LogP contribution is -2.25. The van der Waals surface area contributed by atoms with E-state index in [0.29, 0.717) is 16.5 Å². The van der Waals surface area contributed by atoms with E-state index in [1.54, 1.807) is 24.3 Å². The fraction of sp³-hybridized carbons (Fsp3) is 0.167. The van der Waals surface area contributed by atoms with E-state index in [4.69, 9.17) is 0 Å². The van der Waals surface area contributed by atoms with Crippen LogP contribution in [-0.2, 0) is 17.1 Å². The molecular formula is C18H18N4O4S. The van der Waals surface area contributed by atoms with Gasteiger partial charge in [0.1, 0.15) is 0 Å². The third-order valence-corrected chi connectivity index (χ3v) is 5.89. The van der Waals surface area contributed by atoms with E-state index in [1.165, 1.54) is 45.4 Å². The van der Waals surface area contributed by atoms with Crippen molar-refractivity contribution in [3.05, 3.63) is 64.6 Å². The molecule has 140 valence electrons. The van der Waals surface area contributed by atoms with Crippen molar-refractivity contribution in [2.24, 2.45) is 7.05 Å². The molecule has 1 N–H and O–H groups in total. The van der Waals surface area contributed by atoms with E-state index >= 15 is 0 Å². The molecule has 0 radical (unpaired) electrons. The molecule has 0 spiro atoms. The molecule has 1 amide bonds. The van der Waals surface area contributed by atoms with Crippen LogP contribution in [0.25, 0.3) is 10.8 Å². The number of carbonyl (C=O) groups is 1. The van der Waals surface area contributed by atoms with Gasteiger partial charge in [-0.15, -0.1) is 0 Å². The summed E-state index contributed by atoms with van der Waals surface area (Å²) in [6, 6.07) is 12.6. The van der Waals surface area contributed by atoms with Crippen LogP contribution in [0.5, 0.6) is 0 Å². The first kappa shape index (κ1) is 18.7. The molecule has 3 aromatic rings. The third kappa shape index (κ3) is 3.46. The Morgan fingerprint density at radius 2 is 1.63 bits per heavy atom. The molecule has 27 heavy (non-hydrogen) atoms. The number of amides is 1. The van der Waals surface area contributed by atoms with Crippen molar-refractivity contribution in [1.29, 1.82) is 0 Å². The summed E-state index contributed by atoms with van der Waals surface area (Å²) in [6.07, 6.45) is 0. The number of hydrogen-bond acceptors (Lipinski definition) is 5. The molecule has 0 aliphatic heterocycles. The number of hydrogen-bond donors (Lipinski definition) is 1. The monoisotopic (exact) mass is 386 g/mol. The molecule has 0 bridgehead atoms. The summed E-state index contributed by atoms with van der Waals surface area (Å²) in [7, 11) is 0.827. The molecule has 1 heterocycles. The summed E-state index contributed by atoms with van der Waals surface area (Å²) in [5.74, 6) is -0.495. The van der Waals surface area contributed by atoms with Crippen LogP contribution in [-0.4, -0.2) is 42.5 Å². The normalized spacial score (nSPS) is 11.7. The molecule has 0 saturated carbocycles. The zero-order valence-electron chi connectivity index (χ0n) is 15.0. The van der Waals surface area contributed by atoms with Crippen LogP contribution >= 0.6 is 0 Å². The van der Waals surface area contributed by atoms with E-state index in [1.807, 2.05) is 0 Å². The fourth-order valence-electron chi connectivity index (χ4n) is 2.58. The number of nitrogens with zero attached hydrogens (tertiary/aromatic N) is 3. The summed E-state index contributed by atoms with van der Waals surface area (Å²) in [5, 5.41) is 7.59. The third-order valence-electron chi connectivity index (χ3n) is 4.06. The van der Waals surface area contributed by atoms with Crippen LogP contribution in [0, 0.1) is 0 Å². The van der Waals surface area contributed by atoms with Crippen molar-refractivity contribution in [3.63, 3.8) is 0 Å². The zero-order valence-corrected chi connectivity index (χ0v) is 15.8. The molecule has 0 atom stereocenters. The minimum Gasteiger partial charge on any atom is -0.321 e. The van der Waals surface area contributed by atoms with Gasteiger partial charge in [0, 0.05) is 32.2 Å². The minimum absolute atomic E-state index is 0.109. The maximum atomic E-state index is 12.7. The molecule has 0 fully saturated rings. The molecule has 0 unspecified atom stereocenters. The number of sulfonamides is 1.